The van der Waals surface area contributed by atoms with Crippen LogP contribution in [-0.2, 0) is 24.7 Å². The maximum atomic E-state index is 2.37. The standard InChI is InChI=1S/C16H24.C14H16.C14H22/c1-13(2)12-14-8-10-16(11-9-14)15-6-4-3-5-7-15;1-11(2)9-12-7-8-13-5-3-4-6-14(13)10-12;1-11(2)10-12-6-8-13(9-7-12)14(3,4)5/h8-11,13,15H,3-7,12H2,1-2H3;3-8,10-11H,9H2,1-2H3;6-9,11H,10H2,1-5H3. The zero-order valence-corrected chi connectivity index (χ0v) is 29.6. The molecule has 0 heteroatoms. The molecule has 1 fully saturated rings. The van der Waals surface area contributed by atoms with Crippen LogP contribution in [-0.4, -0.2) is 0 Å². The molecule has 4 aromatic rings. The lowest BCUT2D eigenvalue weighted by molar-refractivity contribution is 0.443. The van der Waals surface area contributed by atoms with Crippen LogP contribution >= 0.6 is 0 Å². The summed E-state index contributed by atoms with van der Waals surface area (Å²) >= 11 is 0. The molecule has 0 heterocycles. The summed E-state index contributed by atoms with van der Waals surface area (Å²) < 4.78 is 0. The summed E-state index contributed by atoms with van der Waals surface area (Å²) in [4.78, 5) is 0. The van der Waals surface area contributed by atoms with Gasteiger partial charge in [-0.25, -0.2) is 0 Å². The highest BCUT2D eigenvalue weighted by Crippen LogP contribution is 2.32. The maximum absolute atomic E-state index is 2.37. The monoisotopic (exact) mass is 590 g/mol. The fourth-order valence-corrected chi connectivity index (χ4v) is 6.28. The fraction of sp³-hybridized carbons (Fsp3) is 0.500. The van der Waals surface area contributed by atoms with E-state index >= 15 is 0 Å². The van der Waals surface area contributed by atoms with E-state index in [0.717, 1.165) is 23.7 Å². The summed E-state index contributed by atoms with van der Waals surface area (Å²) in [5.41, 5.74) is 7.66. The Morgan fingerprint density at radius 3 is 1.48 bits per heavy atom. The Hall–Kier alpha value is -2.86. The lowest BCUT2D eigenvalue weighted by Crippen LogP contribution is -2.10. The first-order chi connectivity index (χ1) is 20.9. The van der Waals surface area contributed by atoms with E-state index in [1.54, 1.807) is 5.56 Å². The SMILES string of the molecule is CC(C)Cc1ccc(C(C)(C)C)cc1.CC(C)Cc1ccc(C2CCCCC2)cc1.CC(C)Cc1ccc2ccccc2c1. The van der Waals surface area contributed by atoms with Crippen molar-refractivity contribution in [3.05, 3.63) is 119 Å². The molecule has 238 valence electrons. The Kier molecular flexibility index (Phi) is 14.2. The van der Waals surface area contributed by atoms with Gasteiger partial charge in [0.15, 0.2) is 0 Å². The average molecular weight is 591 g/mol. The van der Waals surface area contributed by atoms with Crippen LogP contribution < -0.4 is 0 Å². The van der Waals surface area contributed by atoms with Gasteiger partial charge in [-0.2, -0.15) is 0 Å². The number of hydrogen-bond acceptors (Lipinski definition) is 0. The molecule has 1 saturated carbocycles. The van der Waals surface area contributed by atoms with Crippen LogP contribution in [0.2, 0.25) is 0 Å². The highest BCUT2D eigenvalue weighted by atomic mass is 14.2. The van der Waals surface area contributed by atoms with Gasteiger partial charge in [0.25, 0.3) is 0 Å². The second-order valence-electron chi connectivity index (χ2n) is 15.5. The normalized spacial score (nSPS) is 13.9. The van der Waals surface area contributed by atoms with Gasteiger partial charge >= 0.3 is 0 Å². The second kappa shape index (κ2) is 17.6. The van der Waals surface area contributed by atoms with E-state index in [9.17, 15) is 0 Å². The lowest BCUT2D eigenvalue weighted by atomic mass is 9.84. The van der Waals surface area contributed by atoms with Gasteiger partial charge in [-0.1, -0.05) is 173 Å². The number of rotatable bonds is 7. The number of hydrogen-bond donors (Lipinski definition) is 0. The molecule has 0 aliphatic heterocycles. The summed E-state index contributed by atoms with van der Waals surface area (Å²) in [5.74, 6) is 3.09. The Bertz CT molecular complexity index is 1340. The molecule has 1 aliphatic rings. The number of benzene rings is 4. The Labute approximate surface area is 271 Å². The van der Waals surface area contributed by atoms with E-state index in [4.69, 9.17) is 0 Å². The van der Waals surface area contributed by atoms with Crippen molar-refractivity contribution in [2.24, 2.45) is 17.8 Å². The Balaban J connectivity index is 0.000000181. The van der Waals surface area contributed by atoms with Crippen LogP contribution in [0.25, 0.3) is 10.8 Å². The molecule has 0 N–H and O–H groups in total. The van der Waals surface area contributed by atoms with Crippen molar-refractivity contribution in [3.63, 3.8) is 0 Å². The summed E-state index contributed by atoms with van der Waals surface area (Å²) in [6, 6.07) is 33.7. The molecule has 5 rings (SSSR count). The predicted octanol–water partition coefficient (Wildman–Crippen LogP) is 13.2. The van der Waals surface area contributed by atoms with Crippen molar-refractivity contribution in [2.75, 3.05) is 0 Å². The van der Waals surface area contributed by atoms with Crippen molar-refractivity contribution >= 4 is 10.8 Å². The smallest absolute Gasteiger partial charge is 0.0132 e. The molecule has 0 bridgehead atoms. The third kappa shape index (κ3) is 12.6. The Morgan fingerprint density at radius 1 is 0.523 bits per heavy atom. The van der Waals surface area contributed by atoms with Crippen molar-refractivity contribution in [3.8, 4) is 0 Å². The third-order valence-corrected chi connectivity index (χ3v) is 8.62. The van der Waals surface area contributed by atoms with Gasteiger partial charge in [0.05, 0.1) is 0 Å². The minimum atomic E-state index is 0.274. The van der Waals surface area contributed by atoms with Crippen LogP contribution in [0.4, 0.5) is 0 Å². The molecule has 0 atom stereocenters. The zero-order chi connectivity index (χ0) is 32.1. The van der Waals surface area contributed by atoms with Gasteiger partial charge in [0.1, 0.15) is 0 Å². The van der Waals surface area contributed by atoms with Gasteiger partial charge in [-0.05, 0) is 99.8 Å². The molecule has 0 saturated heterocycles. The third-order valence-electron chi connectivity index (χ3n) is 8.62. The summed E-state index contributed by atoms with van der Waals surface area (Å²) in [6.07, 6.45) is 10.7. The molecule has 0 aromatic heterocycles. The largest absolute Gasteiger partial charge is 0.0625 e. The first-order valence-electron chi connectivity index (χ1n) is 17.6. The molecule has 0 radical (unpaired) electrons. The van der Waals surface area contributed by atoms with Crippen molar-refractivity contribution in [1.82, 2.24) is 0 Å². The molecular weight excluding hydrogens is 528 g/mol. The highest BCUT2D eigenvalue weighted by molar-refractivity contribution is 5.82. The highest BCUT2D eigenvalue weighted by Gasteiger charge is 2.15. The van der Waals surface area contributed by atoms with Crippen LogP contribution in [0.15, 0.2) is 91.0 Å². The molecule has 44 heavy (non-hydrogen) atoms. The van der Waals surface area contributed by atoms with Crippen LogP contribution in [0.1, 0.15) is 128 Å². The average Bonchev–Trinajstić information content (AvgIpc) is 2.98. The van der Waals surface area contributed by atoms with Gasteiger partial charge in [0.2, 0.25) is 0 Å². The van der Waals surface area contributed by atoms with E-state index in [1.807, 2.05) is 0 Å². The minimum absolute atomic E-state index is 0.274. The maximum Gasteiger partial charge on any atom is -0.0132 e. The molecule has 4 aromatic carbocycles. The second-order valence-corrected chi connectivity index (χ2v) is 15.5. The Morgan fingerprint density at radius 2 is 0.977 bits per heavy atom. The fourth-order valence-electron chi connectivity index (χ4n) is 6.28. The predicted molar refractivity (Wildman–Crippen MR) is 197 cm³/mol. The van der Waals surface area contributed by atoms with E-state index in [0.29, 0.717) is 0 Å². The van der Waals surface area contributed by atoms with Crippen LogP contribution in [0.3, 0.4) is 0 Å². The molecule has 1 aliphatic carbocycles. The molecule has 0 unspecified atom stereocenters. The number of fused-ring (bicyclic) bond motifs is 1. The van der Waals surface area contributed by atoms with Crippen LogP contribution in [0.5, 0.6) is 0 Å². The summed E-state index contributed by atoms with van der Waals surface area (Å²) in [7, 11) is 0. The summed E-state index contributed by atoms with van der Waals surface area (Å²) in [6.45, 7) is 20.4. The quantitative estimate of drug-likeness (QED) is 0.201. The first kappa shape index (κ1) is 35.6. The first-order valence-corrected chi connectivity index (χ1v) is 17.6. The van der Waals surface area contributed by atoms with Crippen molar-refractivity contribution < 1.29 is 0 Å². The molecule has 0 amide bonds. The lowest BCUT2D eigenvalue weighted by Gasteiger charge is -2.22. The summed E-state index contributed by atoms with van der Waals surface area (Å²) in [5, 5.41) is 2.69. The van der Waals surface area contributed by atoms with Gasteiger partial charge in [-0.3, -0.25) is 0 Å². The van der Waals surface area contributed by atoms with Crippen LogP contribution in [0, 0.1) is 17.8 Å². The molecule has 0 nitrogen and oxygen atoms in total. The van der Waals surface area contributed by atoms with Gasteiger partial charge < -0.3 is 0 Å². The van der Waals surface area contributed by atoms with Crippen molar-refractivity contribution in [1.29, 1.82) is 0 Å². The molecule has 0 spiro atoms. The van der Waals surface area contributed by atoms with E-state index in [1.165, 1.54) is 84.4 Å². The van der Waals surface area contributed by atoms with E-state index < -0.39 is 0 Å². The zero-order valence-electron chi connectivity index (χ0n) is 29.6. The van der Waals surface area contributed by atoms with Gasteiger partial charge in [-0.15, -0.1) is 0 Å². The van der Waals surface area contributed by atoms with Gasteiger partial charge in [0, 0.05) is 0 Å². The van der Waals surface area contributed by atoms with E-state index in [2.05, 4.69) is 153 Å². The van der Waals surface area contributed by atoms with Crippen molar-refractivity contribution in [2.45, 2.75) is 125 Å². The minimum Gasteiger partial charge on any atom is -0.0625 e. The van der Waals surface area contributed by atoms with E-state index in [-0.39, 0.29) is 5.41 Å². The molecular formula is C44H62. The topological polar surface area (TPSA) is 0 Å².